The lowest BCUT2D eigenvalue weighted by Gasteiger charge is -2.13. The van der Waals surface area contributed by atoms with Crippen LogP contribution in [0.15, 0.2) is 0 Å². The predicted octanol–water partition coefficient (Wildman–Crippen LogP) is 2.03. The molecule has 4 nitrogen and oxygen atoms in total. The molecular weight excluding hydrogens is 190 g/mol. The first kappa shape index (κ1) is 11.9. The van der Waals surface area contributed by atoms with Gasteiger partial charge in [0.05, 0.1) is 0 Å². The molecular formula is C11H19N3O. The summed E-state index contributed by atoms with van der Waals surface area (Å²) in [6.45, 7) is 8.54. The van der Waals surface area contributed by atoms with E-state index in [2.05, 4.69) is 9.97 Å². The van der Waals surface area contributed by atoms with Crippen molar-refractivity contribution >= 4 is 5.82 Å². The van der Waals surface area contributed by atoms with E-state index in [4.69, 9.17) is 10.5 Å². The molecule has 84 valence electrons. The molecule has 0 saturated heterocycles. The number of hydrogen-bond donors (Lipinski definition) is 1. The zero-order chi connectivity index (χ0) is 11.4. The van der Waals surface area contributed by atoms with Crippen molar-refractivity contribution in [1.29, 1.82) is 0 Å². The van der Waals surface area contributed by atoms with Crippen LogP contribution in [0.25, 0.3) is 0 Å². The molecule has 1 atom stereocenters. The molecule has 0 radical (unpaired) electrons. The quantitative estimate of drug-likeness (QED) is 0.824. The summed E-state index contributed by atoms with van der Waals surface area (Å²) in [5, 5.41) is 0. The molecule has 0 fully saturated rings. The van der Waals surface area contributed by atoms with E-state index in [1.165, 1.54) is 0 Å². The van der Waals surface area contributed by atoms with Crippen LogP contribution in [-0.2, 0) is 11.2 Å². The number of nitrogens with two attached hydrogens (primary N) is 1. The number of aromatic nitrogens is 2. The third kappa shape index (κ3) is 2.65. The monoisotopic (exact) mass is 209 g/mol. The Kier molecular flexibility index (Phi) is 4.03. The number of ether oxygens (including phenoxy) is 1. The van der Waals surface area contributed by atoms with Crippen molar-refractivity contribution in [1.82, 2.24) is 9.97 Å². The van der Waals surface area contributed by atoms with E-state index in [0.29, 0.717) is 18.2 Å². The zero-order valence-electron chi connectivity index (χ0n) is 9.87. The summed E-state index contributed by atoms with van der Waals surface area (Å²) in [6.07, 6.45) is 0.767. The standard InChI is InChI=1S/C11H19N3O/c1-5-9-7(3)13-11(14-10(9)12)8(4)15-6-2/h8H,5-6H2,1-4H3,(H2,12,13,14). The van der Waals surface area contributed by atoms with E-state index >= 15 is 0 Å². The molecule has 0 aliphatic carbocycles. The molecule has 0 aliphatic rings. The van der Waals surface area contributed by atoms with Crippen LogP contribution in [0, 0.1) is 6.92 Å². The fourth-order valence-electron chi connectivity index (χ4n) is 1.58. The first-order valence-electron chi connectivity index (χ1n) is 5.34. The molecule has 1 rings (SSSR count). The second-order valence-electron chi connectivity index (χ2n) is 3.48. The van der Waals surface area contributed by atoms with Crippen LogP contribution in [0.5, 0.6) is 0 Å². The van der Waals surface area contributed by atoms with Gasteiger partial charge in [-0.2, -0.15) is 0 Å². The minimum absolute atomic E-state index is 0.0955. The van der Waals surface area contributed by atoms with Gasteiger partial charge < -0.3 is 10.5 Å². The normalized spacial score (nSPS) is 12.8. The molecule has 0 aromatic carbocycles. The third-order valence-corrected chi connectivity index (χ3v) is 2.40. The van der Waals surface area contributed by atoms with Crippen molar-refractivity contribution < 1.29 is 4.74 Å². The van der Waals surface area contributed by atoms with Gasteiger partial charge in [0.1, 0.15) is 11.9 Å². The Balaban J connectivity index is 3.02. The lowest BCUT2D eigenvalue weighted by atomic mass is 10.1. The van der Waals surface area contributed by atoms with Gasteiger partial charge in [-0.3, -0.25) is 0 Å². The number of aryl methyl sites for hydroxylation is 1. The maximum atomic E-state index is 5.86. The number of hydrogen-bond acceptors (Lipinski definition) is 4. The molecule has 4 heteroatoms. The molecule has 0 saturated carbocycles. The lowest BCUT2D eigenvalue weighted by Crippen LogP contribution is -2.11. The molecule has 2 N–H and O–H groups in total. The van der Waals surface area contributed by atoms with Gasteiger partial charge in [-0.1, -0.05) is 6.92 Å². The number of rotatable bonds is 4. The Bertz CT molecular complexity index is 316. The Hall–Kier alpha value is -1.16. The number of nitrogens with zero attached hydrogens (tertiary/aromatic N) is 2. The van der Waals surface area contributed by atoms with Crippen molar-refractivity contribution in [2.45, 2.75) is 40.2 Å². The molecule has 1 heterocycles. The van der Waals surface area contributed by atoms with Gasteiger partial charge in [0.15, 0.2) is 5.82 Å². The highest BCUT2D eigenvalue weighted by molar-refractivity contribution is 5.42. The minimum Gasteiger partial charge on any atom is -0.383 e. The summed E-state index contributed by atoms with van der Waals surface area (Å²) in [5.74, 6) is 1.25. The van der Waals surface area contributed by atoms with Gasteiger partial charge in [-0.15, -0.1) is 0 Å². The van der Waals surface area contributed by atoms with Crippen molar-refractivity contribution in [3.05, 3.63) is 17.1 Å². The van der Waals surface area contributed by atoms with Crippen LogP contribution in [0.3, 0.4) is 0 Å². The summed E-state index contributed by atoms with van der Waals surface area (Å²) in [4.78, 5) is 8.67. The fourth-order valence-corrected chi connectivity index (χ4v) is 1.58. The van der Waals surface area contributed by atoms with Crippen LogP contribution in [0.2, 0.25) is 0 Å². The average molecular weight is 209 g/mol. The Morgan fingerprint density at radius 3 is 2.47 bits per heavy atom. The van der Waals surface area contributed by atoms with Crippen molar-refractivity contribution in [2.24, 2.45) is 0 Å². The maximum Gasteiger partial charge on any atom is 0.159 e. The Labute approximate surface area is 90.9 Å². The first-order valence-corrected chi connectivity index (χ1v) is 5.34. The van der Waals surface area contributed by atoms with E-state index in [0.717, 1.165) is 17.7 Å². The zero-order valence-corrected chi connectivity index (χ0v) is 9.87. The van der Waals surface area contributed by atoms with Gasteiger partial charge in [0.25, 0.3) is 0 Å². The van der Waals surface area contributed by atoms with Crippen LogP contribution in [-0.4, -0.2) is 16.6 Å². The summed E-state index contributed by atoms with van der Waals surface area (Å²) < 4.78 is 5.43. The summed E-state index contributed by atoms with van der Waals surface area (Å²) in [7, 11) is 0. The van der Waals surface area contributed by atoms with Crippen molar-refractivity contribution in [3.63, 3.8) is 0 Å². The summed E-state index contributed by atoms with van der Waals surface area (Å²) in [6, 6.07) is 0. The third-order valence-electron chi connectivity index (χ3n) is 2.40. The van der Waals surface area contributed by atoms with Crippen molar-refractivity contribution in [2.75, 3.05) is 12.3 Å². The maximum absolute atomic E-state index is 5.86. The summed E-state index contributed by atoms with van der Waals surface area (Å²) in [5.41, 5.74) is 7.84. The van der Waals surface area contributed by atoms with Crippen LogP contribution in [0.1, 0.15) is 44.0 Å². The highest BCUT2D eigenvalue weighted by Gasteiger charge is 2.12. The van der Waals surface area contributed by atoms with E-state index in [-0.39, 0.29) is 6.10 Å². The second kappa shape index (κ2) is 5.07. The minimum atomic E-state index is -0.0955. The van der Waals surface area contributed by atoms with Crippen LogP contribution >= 0.6 is 0 Å². The molecule has 1 unspecified atom stereocenters. The Morgan fingerprint density at radius 2 is 2.00 bits per heavy atom. The molecule has 1 aromatic heterocycles. The van der Waals surface area contributed by atoms with Gasteiger partial charge in [0, 0.05) is 17.9 Å². The van der Waals surface area contributed by atoms with E-state index < -0.39 is 0 Å². The first-order chi connectivity index (χ1) is 7.10. The molecule has 15 heavy (non-hydrogen) atoms. The van der Waals surface area contributed by atoms with E-state index in [1.54, 1.807) is 0 Å². The SMILES string of the molecule is CCOC(C)c1nc(C)c(CC)c(N)n1. The van der Waals surface area contributed by atoms with Gasteiger partial charge in [0.2, 0.25) is 0 Å². The van der Waals surface area contributed by atoms with Gasteiger partial charge in [-0.25, -0.2) is 9.97 Å². The van der Waals surface area contributed by atoms with Crippen LogP contribution < -0.4 is 5.73 Å². The molecule has 0 bridgehead atoms. The van der Waals surface area contributed by atoms with E-state index in [9.17, 15) is 0 Å². The van der Waals surface area contributed by atoms with Gasteiger partial charge >= 0.3 is 0 Å². The number of anilines is 1. The Morgan fingerprint density at radius 1 is 1.33 bits per heavy atom. The lowest BCUT2D eigenvalue weighted by molar-refractivity contribution is 0.0700. The smallest absolute Gasteiger partial charge is 0.159 e. The molecule has 1 aromatic rings. The topological polar surface area (TPSA) is 61.0 Å². The molecule has 0 aliphatic heterocycles. The predicted molar refractivity (Wildman–Crippen MR) is 60.6 cm³/mol. The largest absolute Gasteiger partial charge is 0.383 e. The fraction of sp³-hybridized carbons (Fsp3) is 0.636. The highest BCUT2D eigenvalue weighted by atomic mass is 16.5. The van der Waals surface area contributed by atoms with Gasteiger partial charge in [-0.05, 0) is 27.2 Å². The van der Waals surface area contributed by atoms with Crippen molar-refractivity contribution in [3.8, 4) is 0 Å². The highest BCUT2D eigenvalue weighted by Crippen LogP contribution is 2.18. The molecule has 0 amide bonds. The average Bonchev–Trinajstić information content (AvgIpc) is 2.17. The number of nitrogen functional groups attached to an aromatic ring is 1. The second-order valence-corrected chi connectivity index (χ2v) is 3.48. The van der Waals surface area contributed by atoms with Crippen LogP contribution in [0.4, 0.5) is 5.82 Å². The van der Waals surface area contributed by atoms with E-state index in [1.807, 2.05) is 27.7 Å². The summed E-state index contributed by atoms with van der Waals surface area (Å²) >= 11 is 0. The molecule has 0 spiro atoms.